The van der Waals surface area contributed by atoms with Crippen LogP contribution in [0.1, 0.15) is 106 Å². The lowest BCUT2D eigenvalue weighted by Gasteiger charge is -2.27. The van der Waals surface area contributed by atoms with Gasteiger partial charge in [0.05, 0.1) is 25.0 Å². The van der Waals surface area contributed by atoms with Crippen molar-refractivity contribution in [2.45, 2.75) is 96.5 Å². The molecule has 0 saturated heterocycles. The Balaban J connectivity index is 1.30. The predicted molar refractivity (Wildman–Crippen MR) is 194 cm³/mol. The number of carbonyl (C=O) groups is 5. The van der Waals surface area contributed by atoms with E-state index in [1.807, 2.05) is 30.3 Å². The molecule has 0 bridgehead atoms. The van der Waals surface area contributed by atoms with E-state index in [-0.39, 0.29) is 41.5 Å². The van der Waals surface area contributed by atoms with Crippen molar-refractivity contribution in [3.05, 3.63) is 85.0 Å². The molecule has 0 heterocycles. The summed E-state index contributed by atoms with van der Waals surface area (Å²) in [7, 11) is 0. The highest BCUT2D eigenvalue weighted by molar-refractivity contribution is 5.94. The second-order valence-electron chi connectivity index (χ2n) is 13.7. The Bertz CT molecular complexity index is 1500. The Morgan fingerprint density at radius 1 is 0.615 bits per heavy atom. The van der Waals surface area contributed by atoms with Gasteiger partial charge in [-0.25, -0.2) is 14.4 Å². The second-order valence-corrected chi connectivity index (χ2v) is 13.7. The van der Waals surface area contributed by atoms with E-state index in [2.05, 4.69) is 13.2 Å². The van der Waals surface area contributed by atoms with Gasteiger partial charge in [0, 0.05) is 12.2 Å². The molecule has 2 aliphatic rings. The molecule has 0 atom stereocenters. The van der Waals surface area contributed by atoms with Gasteiger partial charge >= 0.3 is 29.8 Å². The average Bonchev–Trinajstić information content (AvgIpc) is 3.17. The highest BCUT2D eigenvalue weighted by Crippen LogP contribution is 2.36. The molecule has 0 radical (unpaired) electrons. The van der Waals surface area contributed by atoms with Gasteiger partial charge in [0.1, 0.15) is 23.7 Å². The molecule has 2 aromatic carbocycles. The van der Waals surface area contributed by atoms with Gasteiger partial charge in [-0.05, 0) is 113 Å². The largest absolute Gasteiger partial charge is 0.463 e. The van der Waals surface area contributed by atoms with Crippen LogP contribution in [0, 0.1) is 23.7 Å². The van der Waals surface area contributed by atoms with Crippen LogP contribution in [-0.2, 0) is 40.0 Å². The fourth-order valence-electron chi connectivity index (χ4n) is 6.92. The summed E-state index contributed by atoms with van der Waals surface area (Å²) in [5, 5.41) is 0. The molecule has 280 valence electrons. The zero-order valence-corrected chi connectivity index (χ0v) is 30.1. The molecule has 10 nitrogen and oxygen atoms in total. The molecule has 10 heteroatoms. The highest BCUT2D eigenvalue weighted by Gasteiger charge is 2.30. The van der Waals surface area contributed by atoms with Crippen molar-refractivity contribution in [1.29, 1.82) is 0 Å². The molecular weight excluding hydrogens is 664 g/mol. The summed E-state index contributed by atoms with van der Waals surface area (Å²) in [6.45, 7) is 7.58. The van der Waals surface area contributed by atoms with Crippen molar-refractivity contribution in [2.24, 2.45) is 23.7 Å². The zero-order valence-electron chi connectivity index (χ0n) is 30.1. The number of rotatable bonds is 19. The number of ether oxygens (including phenoxy) is 5. The summed E-state index contributed by atoms with van der Waals surface area (Å²) in [6, 6.07) is 13.7. The highest BCUT2D eigenvalue weighted by atomic mass is 16.6. The second kappa shape index (κ2) is 21.6. The number of benzene rings is 2. The lowest BCUT2D eigenvalue weighted by Crippen LogP contribution is -2.27. The topological polar surface area (TPSA) is 132 Å². The molecule has 2 saturated carbocycles. The summed E-state index contributed by atoms with van der Waals surface area (Å²) in [5.74, 6) is -1.54. The normalized spacial score (nSPS) is 19.8. The fraction of sp³-hybridized carbons (Fsp3) is 0.500. The number of unbranched alkanes of at least 4 members (excludes halogenated alkanes) is 2. The standard InChI is InChI=1S/C42H52O10/c1-3-38(43)48-26-10-8-12-30-16-20-33(21-17-30)40(45)51-35-24-25-37(36(28-35)42(47)50-29-32-14-6-5-7-15-32)52-41(46)34-22-18-31(19-23-34)13-9-11-27-49-39(44)4-2/h3-7,14-15,24-25,28,30-31,33-34H,1-2,8-13,16-23,26-27,29H2. The minimum atomic E-state index is -0.688. The van der Waals surface area contributed by atoms with Crippen LogP contribution in [0.3, 0.4) is 0 Å². The van der Waals surface area contributed by atoms with Crippen LogP contribution in [0.5, 0.6) is 11.5 Å². The number of hydrogen-bond acceptors (Lipinski definition) is 10. The van der Waals surface area contributed by atoms with Gasteiger partial charge in [-0.1, -0.05) is 56.3 Å². The molecule has 2 aromatic rings. The molecule has 0 aromatic heterocycles. The molecule has 0 aliphatic heterocycles. The van der Waals surface area contributed by atoms with E-state index in [0.29, 0.717) is 50.7 Å². The van der Waals surface area contributed by atoms with E-state index in [9.17, 15) is 24.0 Å². The first-order valence-corrected chi connectivity index (χ1v) is 18.6. The molecule has 0 spiro atoms. The van der Waals surface area contributed by atoms with E-state index >= 15 is 0 Å². The van der Waals surface area contributed by atoms with Crippen LogP contribution in [0.15, 0.2) is 73.8 Å². The van der Waals surface area contributed by atoms with Crippen molar-refractivity contribution >= 4 is 29.8 Å². The number of hydrogen-bond donors (Lipinski definition) is 0. The van der Waals surface area contributed by atoms with Crippen LogP contribution in [0.4, 0.5) is 0 Å². The summed E-state index contributed by atoms with van der Waals surface area (Å²) in [5.41, 5.74) is 0.821. The molecular formula is C42H52O10. The average molecular weight is 717 g/mol. The first kappa shape index (κ1) is 40.0. The SMILES string of the molecule is C=CC(=O)OCCCCC1CCC(C(=O)Oc2ccc(OC(=O)C3CCC(CCCCOC(=O)C=C)CC3)c(C(=O)OCc3ccccc3)c2)CC1. The summed E-state index contributed by atoms with van der Waals surface area (Å²) >= 11 is 0. The predicted octanol–water partition coefficient (Wildman–Crippen LogP) is 8.27. The van der Waals surface area contributed by atoms with Gasteiger partial charge in [0.2, 0.25) is 0 Å². The van der Waals surface area contributed by atoms with Gasteiger partial charge in [-0.3, -0.25) is 9.59 Å². The first-order chi connectivity index (χ1) is 25.2. The fourth-order valence-corrected chi connectivity index (χ4v) is 6.92. The van der Waals surface area contributed by atoms with E-state index < -0.39 is 23.9 Å². The van der Waals surface area contributed by atoms with Crippen LogP contribution in [0.2, 0.25) is 0 Å². The lowest BCUT2D eigenvalue weighted by atomic mass is 9.80. The molecule has 52 heavy (non-hydrogen) atoms. The van der Waals surface area contributed by atoms with Gasteiger partial charge in [-0.15, -0.1) is 0 Å². The summed E-state index contributed by atoms with van der Waals surface area (Å²) < 4.78 is 27.3. The van der Waals surface area contributed by atoms with Crippen molar-refractivity contribution in [3.8, 4) is 11.5 Å². The van der Waals surface area contributed by atoms with Crippen molar-refractivity contribution in [2.75, 3.05) is 13.2 Å². The van der Waals surface area contributed by atoms with E-state index in [4.69, 9.17) is 23.7 Å². The van der Waals surface area contributed by atoms with Crippen molar-refractivity contribution < 1.29 is 47.7 Å². The maximum absolute atomic E-state index is 13.4. The summed E-state index contributed by atoms with van der Waals surface area (Å²) in [4.78, 5) is 62.3. The van der Waals surface area contributed by atoms with E-state index in [1.54, 1.807) is 6.07 Å². The number of carbonyl (C=O) groups excluding carboxylic acids is 5. The van der Waals surface area contributed by atoms with Crippen LogP contribution in [-0.4, -0.2) is 43.1 Å². The maximum atomic E-state index is 13.4. The van der Waals surface area contributed by atoms with Crippen molar-refractivity contribution in [3.63, 3.8) is 0 Å². The maximum Gasteiger partial charge on any atom is 0.342 e. The third-order valence-corrected chi connectivity index (χ3v) is 10.0. The van der Waals surface area contributed by atoms with Crippen LogP contribution < -0.4 is 9.47 Å². The van der Waals surface area contributed by atoms with Crippen LogP contribution in [0.25, 0.3) is 0 Å². The molecule has 0 amide bonds. The quantitative estimate of drug-likeness (QED) is 0.0460. The Hall–Kier alpha value is -4.73. The smallest absolute Gasteiger partial charge is 0.342 e. The van der Waals surface area contributed by atoms with Gasteiger partial charge < -0.3 is 23.7 Å². The molecule has 2 fully saturated rings. The van der Waals surface area contributed by atoms with E-state index in [0.717, 1.165) is 81.9 Å². The molecule has 0 N–H and O–H groups in total. The minimum absolute atomic E-state index is 0.0166. The Labute approximate surface area is 306 Å². The Morgan fingerprint density at radius 3 is 1.65 bits per heavy atom. The Morgan fingerprint density at radius 2 is 1.13 bits per heavy atom. The minimum Gasteiger partial charge on any atom is -0.463 e. The lowest BCUT2D eigenvalue weighted by molar-refractivity contribution is -0.141. The third kappa shape index (κ3) is 13.4. The monoisotopic (exact) mass is 716 g/mol. The Kier molecular flexibility index (Phi) is 16.6. The summed E-state index contributed by atoms with van der Waals surface area (Å²) in [6.07, 6.45) is 14.2. The molecule has 2 aliphatic carbocycles. The van der Waals surface area contributed by atoms with Gasteiger partial charge in [0.15, 0.2) is 0 Å². The van der Waals surface area contributed by atoms with Gasteiger partial charge in [0.25, 0.3) is 0 Å². The van der Waals surface area contributed by atoms with Crippen LogP contribution >= 0.6 is 0 Å². The van der Waals surface area contributed by atoms with Crippen molar-refractivity contribution in [1.82, 2.24) is 0 Å². The molecule has 0 unspecified atom stereocenters. The zero-order chi connectivity index (χ0) is 37.1. The van der Waals surface area contributed by atoms with Gasteiger partial charge in [-0.2, -0.15) is 0 Å². The number of esters is 5. The van der Waals surface area contributed by atoms with E-state index in [1.165, 1.54) is 12.1 Å². The first-order valence-electron chi connectivity index (χ1n) is 18.6. The third-order valence-electron chi connectivity index (χ3n) is 10.0. The molecule has 4 rings (SSSR count).